The number of halogens is 2. The molecule has 0 saturated carbocycles. The lowest BCUT2D eigenvalue weighted by Crippen LogP contribution is -2.06. The second kappa shape index (κ2) is 8.72. The third-order valence-corrected chi connectivity index (χ3v) is 5.19. The number of para-hydroxylation sites is 1. The van der Waals surface area contributed by atoms with Crippen LogP contribution in [0.5, 0.6) is 5.75 Å². The molecule has 4 nitrogen and oxygen atoms in total. The third-order valence-electron chi connectivity index (χ3n) is 4.54. The molecule has 2 aromatic heterocycles. The first kappa shape index (κ1) is 20.3. The van der Waals surface area contributed by atoms with E-state index < -0.39 is 0 Å². The molecular weight excluding hydrogens is 393 g/mol. The molecule has 28 heavy (non-hydrogen) atoms. The van der Waals surface area contributed by atoms with Gasteiger partial charge in [-0.2, -0.15) is 0 Å². The number of rotatable bonds is 5. The molecule has 144 valence electrons. The van der Waals surface area contributed by atoms with E-state index in [2.05, 4.69) is 29.0 Å². The van der Waals surface area contributed by atoms with Gasteiger partial charge in [0.25, 0.3) is 0 Å². The molecule has 0 bridgehead atoms. The molecule has 0 N–H and O–H groups in total. The minimum atomic E-state index is 0.229. The van der Waals surface area contributed by atoms with E-state index in [1.165, 1.54) is 0 Å². The number of fused-ring (bicyclic) bond motifs is 1. The van der Waals surface area contributed by atoms with E-state index in [-0.39, 0.29) is 6.61 Å². The maximum Gasteiger partial charge on any atom is 0.146 e. The molecule has 0 unspecified atom stereocenters. The SMILES string of the molecule is C/C=C(C)\C(=N/C)c1cc(C)nc2c(OCc3c(Cl)cncc3Cl)cccc12. The predicted molar refractivity (Wildman–Crippen MR) is 117 cm³/mol. The van der Waals surface area contributed by atoms with Crippen molar-refractivity contribution < 1.29 is 4.74 Å². The highest BCUT2D eigenvalue weighted by Gasteiger charge is 2.15. The highest BCUT2D eigenvalue weighted by atomic mass is 35.5. The van der Waals surface area contributed by atoms with E-state index in [0.29, 0.717) is 21.4 Å². The summed E-state index contributed by atoms with van der Waals surface area (Å²) in [5, 5.41) is 1.93. The van der Waals surface area contributed by atoms with Crippen LogP contribution in [0.2, 0.25) is 10.0 Å². The third kappa shape index (κ3) is 4.03. The summed E-state index contributed by atoms with van der Waals surface area (Å²) < 4.78 is 6.06. The number of benzene rings is 1. The fraction of sp³-hybridized carbons (Fsp3) is 0.227. The number of hydrogen-bond acceptors (Lipinski definition) is 4. The number of aryl methyl sites for hydroxylation is 1. The first-order valence-corrected chi connectivity index (χ1v) is 9.63. The molecule has 0 radical (unpaired) electrons. The highest BCUT2D eigenvalue weighted by Crippen LogP contribution is 2.31. The Balaban J connectivity index is 2.08. The van der Waals surface area contributed by atoms with E-state index in [1.807, 2.05) is 32.0 Å². The zero-order valence-electron chi connectivity index (χ0n) is 16.3. The average Bonchev–Trinajstić information content (AvgIpc) is 2.68. The van der Waals surface area contributed by atoms with Gasteiger partial charge in [-0.15, -0.1) is 0 Å². The van der Waals surface area contributed by atoms with Gasteiger partial charge in [0.05, 0.1) is 15.8 Å². The fourth-order valence-electron chi connectivity index (χ4n) is 3.03. The number of nitrogens with zero attached hydrogens (tertiary/aromatic N) is 3. The quantitative estimate of drug-likeness (QED) is 0.467. The van der Waals surface area contributed by atoms with Crippen LogP contribution in [0.25, 0.3) is 10.9 Å². The van der Waals surface area contributed by atoms with Crippen LogP contribution in [0.15, 0.2) is 53.3 Å². The molecule has 0 saturated heterocycles. The normalized spacial score (nSPS) is 12.5. The van der Waals surface area contributed by atoms with Crippen molar-refractivity contribution in [2.24, 2.45) is 4.99 Å². The summed E-state index contributed by atoms with van der Waals surface area (Å²) >= 11 is 12.4. The number of hydrogen-bond donors (Lipinski definition) is 0. The van der Waals surface area contributed by atoms with Crippen molar-refractivity contribution in [3.05, 3.63) is 75.2 Å². The van der Waals surface area contributed by atoms with Gasteiger partial charge in [0.1, 0.15) is 17.9 Å². The molecule has 0 aliphatic carbocycles. The summed E-state index contributed by atoms with van der Waals surface area (Å²) in [4.78, 5) is 13.2. The highest BCUT2D eigenvalue weighted by molar-refractivity contribution is 6.35. The van der Waals surface area contributed by atoms with Gasteiger partial charge < -0.3 is 4.74 Å². The number of pyridine rings is 2. The van der Waals surface area contributed by atoms with Crippen LogP contribution >= 0.6 is 23.2 Å². The van der Waals surface area contributed by atoms with Crippen molar-refractivity contribution in [2.45, 2.75) is 27.4 Å². The van der Waals surface area contributed by atoms with Crippen LogP contribution < -0.4 is 4.74 Å². The van der Waals surface area contributed by atoms with Gasteiger partial charge in [-0.3, -0.25) is 9.98 Å². The molecule has 0 amide bonds. The largest absolute Gasteiger partial charge is 0.487 e. The number of allylic oxidation sites excluding steroid dienone is 2. The number of aliphatic imine (C=N–C) groups is 1. The summed E-state index contributed by atoms with van der Waals surface area (Å²) in [5.41, 5.74) is 5.45. The lowest BCUT2D eigenvalue weighted by Gasteiger charge is -2.15. The first-order chi connectivity index (χ1) is 13.5. The molecule has 0 atom stereocenters. The summed E-state index contributed by atoms with van der Waals surface area (Å²) in [5.74, 6) is 0.667. The monoisotopic (exact) mass is 413 g/mol. The van der Waals surface area contributed by atoms with Crippen molar-refractivity contribution in [3.63, 3.8) is 0 Å². The van der Waals surface area contributed by atoms with E-state index in [1.54, 1.807) is 19.4 Å². The number of aromatic nitrogens is 2. The van der Waals surface area contributed by atoms with Crippen molar-refractivity contribution in [1.29, 1.82) is 0 Å². The average molecular weight is 414 g/mol. The van der Waals surface area contributed by atoms with Crippen molar-refractivity contribution in [3.8, 4) is 5.75 Å². The Morgan fingerprint density at radius 1 is 1.21 bits per heavy atom. The molecule has 3 rings (SSSR count). The molecular formula is C22H21Cl2N3O. The van der Waals surface area contributed by atoms with Crippen molar-refractivity contribution in [1.82, 2.24) is 9.97 Å². The zero-order chi connectivity index (χ0) is 20.3. The molecule has 0 aliphatic heterocycles. The van der Waals surface area contributed by atoms with Crippen LogP contribution in [0.3, 0.4) is 0 Å². The van der Waals surface area contributed by atoms with Gasteiger partial charge in [-0.25, -0.2) is 4.98 Å². The molecule has 0 spiro atoms. The van der Waals surface area contributed by atoms with Crippen LogP contribution in [0, 0.1) is 6.92 Å². The second-order valence-corrected chi connectivity index (χ2v) is 7.19. The summed E-state index contributed by atoms with van der Waals surface area (Å²) in [6.07, 6.45) is 5.16. The Kier molecular flexibility index (Phi) is 6.32. The molecule has 3 aromatic rings. The molecule has 6 heteroatoms. The van der Waals surface area contributed by atoms with Gasteiger partial charge in [0, 0.05) is 41.6 Å². The molecule has 1 aromatic carbocycles. The van der Waals surface area contributed by atoms with Gasteiger partial charge in [-0.1, -0.05) is 41.4 Å². The maximum absolute atomic E-state index is 6.21. The minimum absolute atomic E-state index is 0.229. The van der Waals surface area contributed by atoms with Gasteiger partial charge in [-0.05, 0) is 38.5 Å². The summed E-state index contributed by atoms with van der Waals surface area (Å²) in [7, 11) is 1.80. The smallest absolute Gasteiger partial charge is 0.146 e. The van der Waals surface area contributed by atoms with E-state index >= 15 is 0 Å². The standard InChI is InChI=1S/C22H21Cl2N3O/c1-5-13(2)21(25-4)16-9-14(3)27-22-15(16)7-6-8-20(22)28-12-17-18(23)10-26-11-19(17)24/h5-11H,12H2,1-4H3/b13-5-,25-21+. The Morgan fingerprint density at radius 2 is 1.93 bits per heavy atom. The predicted octanol–water partition coefficient (Wildman–Crippen LogP) is 6.21. The lowest BCUT2D eigenvalue weighted by atomic mass is 9.98. The lowest BCUT2D eigenvalue weighted by molar-refractivity contribution is 0.309. The topological polar surface area (TPSA) is 47.4 Å². The van der Waals surface area contributed by atoms with Crippen molar-refractivity contribution >= 4 is 39.8 Å². The maximum atomic E-state index is 6.21. The minimum Gasteiger partial charge on any atom is -0.487 e. The molecule has 2 heterocycles. The summed E-state index contributed by atoms with van der Waals surface area (Å²) in [6.45, 7) is 6.26. The summed E-state index contributed by atoms with van der Waals surface area (Å²) in [6, 6.07) is 7.93. The van der Waals surface area contributed by atoms with Crippen LogP contribution in [0.1, 0.15) is 30.7 Å². The zero-order valence-corrected chi connectivity index (χ0v) is 17.8. The van der Waals surface area contributed by atoms with Crippen LogP contribution in [0.4, 0.5) is 0 Å². The Bertz CT molecular complexity index is 1070. The fourth-order valence-corrected chi connectivity index (χ4v) is 3.51. The van der Waals surface area contributed by atoms with Gasteiger partial charge >= 0.3 is 0 Å². The van der Waals surface area contributed by atoms with Gasteiger partial charge in [0.15, 0.2) is 0 Å². The Morgan fingerprint density at radius 3 is 2.57 bits per heavy atom. The van der Waals surface area contributed by atoms with E-state index in [9.17, 15) is 0 Å². The Hall–Kier alpha value is -2.43. The first-order valence-electron chi connectivity index (χ1n) is 8.87. The number of ether oxygens (including phenoxy) is 1. The van der Waals surface area contributed by atoms with E-state index in [4.69, 9.17) is 32.9 Å². The van der Waals surface area contributed by atoms with Crippen LogP contribution in [-0.2, 0) is 6.61 Å². The van der Waals surface area contributed by atoms with Gasteiger partial charge in [0.2, 0.25) is 0 Å². The van der Waals surface area contributed by atoms with Crippen LogP contribution in [-0.4, -0.2) is 22.7 Å². The second-order valence-electron chi connectivity index (χ2n) is 6.38. The molecule has 0 aliphatic rings. The van der Waals surface area contributed by atoms with Crippen molar-refractivity contribution in [2.75, 3.05) is 7.05 Å². The Labute approximate surface area is 174 Å². The molecule has 0 fully saturated rings. The van der Waals surface area contributed by atoms with E-state index in [0.717, 1.165) is 33.4 Å².